The quantitative estimate of drug-likeness (QED) is 0.665. The fourth-order valence-electron chi connectivity index (χ4n) is 1.64. The van der Waals surface area contributed by atoms with Gasteiger partial charge in [-0.1, -0.05) is 6.07 Å². The minimum absolute atomic E-state index is 0.112. The summed E-state index contributed by atoms with van der Waals surface area (Å²) in [4.78, 5) is 10.1. The molecule has 18 heavy (non-hydrogen) atoms. The maximum Gasteiger partial charge on any atom is 0.391 e. The van der Waals surface area contributed by atoms with Crippen molar-refractivity contribution in [3.8, 4) is 0 Å². The predicted octanol–water partition coefficient (Wildman–Crippen LogP) is 3.66. The van der Waals surface area contributed by atoms with Crippen molar-refractivity contribution in [1.29, 1.82) is 0 Å². The molecule has 1 atom stereocenters. The van der Waals surface area contributed by atoms with E-state index in [4.69, 9.17) is 0 Å². The molecule has 0 heterocycles. The minimum atomic E-state index is -4.26. The van der Waals surface area contributed by atoms with Gasteiger partial charge in [-0.3, -0.25) is 10.1 Å². The van der Waals surface area contributed by atoms with E-state index >= 15 is 0 Å². The summed E-state index contributed by atoms with van der Waals surface area (Å²) in [5, 5.41) is 13.3. The van der Waals surface area contributed by atoms with E-state index in [0.29, 0.717) is 11.3 Å². The van der Waals surface area contributed by atoms with Gasteiger partial charge in [0.25, 0.3) is 5.69 Å². The van der Waals surface area contributed by atoms with Crippen LogP contribution < -0.4 is 5.32 Å². The lowest BCUT2D eigenvalue weighted by molar-refractivity contribution is -0.385. The molecule has 0 fully saturated rings. The molecule has 1 rings (SSSR count). The van der Waals surface area contributed by atoms with Crippen LogP contribution in [-0.4, -0.2) is 17.1 Å². The molecule has 0 saturated heterocycles. The van der Waals surface area contributed by atoms with Gasteiger partial charge in [0, 0.05) is 23.4 Å². The zero-order chi connectivity index (χ0) is 13.9. The third-order valence-corrected chi connectivity index (χ3v) is 2.44. The molecule has 1 unspecified atom stereocenters. The van der Waals surface area contributed by atoms with E-state index < -0.39 is 23.6 Å². The van der Waals surface area contributed by atoms with Gasteiger partial charge in [-0.15, -0.1) is 0 Å². The van der Waals surface area contributed by atoms with Crippen LogP contribution in [0.2, 0.25) is 0 Å². The van der Waals surface area contributed by atoms with Crippen LogP contribution in [0.4, 0.5) is 24.5 Å². The molecule has 100 valence electrons. The fraction of sp³-hybridized carbons (Fsp3) is 0.455. The Morgan fingerprint density at radius 2 is 2.06 bits per heavy atom. The van der Waals surface area contributed by atoms with Crippen LogP contribution in [0.15, 0.2) is 18.2 Å². The Morgan fingerprint density at radius 3 is 2.56 bits per heavy atom. The van der Waals surface area contributed by atoms with Crippen molar-refractivity contribution < 1.29 is 18.1 Å². The number of alkyl halides is 3. The van der Waals surface area contributed by atoms with Gasteiger partial charge in [0.15, 0.2) is 0 Å². The van der Waals surface area contributed by atoms with Gasteiger partial charge in [-0.05, 0) is 19.9 Å². The molecular formula is C11H13F3N2O2. The Kier molecular flexibility index (Phi) is 4.15. The average molecular weight is 262 g/mol. The van der Waals surface area contributed by atoms with Crippen LogP contribution in [0.3, 0.4) is 0 Å². The van der Waals surface area contributed by atoms with Gasteiger partial charge in [-0.2, -0.15) is 13.2 Å². The highest BCUT2D eigenvalue weighted by Crippen LogP contribution is 2.28. The minimum Gasteiger partial charge on any atom is -0.382 e. The molecule has 0 radical (unpaired) electrons. The smallest absolute Gasteiger partial charge is 0.382 e. The molecule has 0 spiro atoms. The monoisotopic (exact) mass is 262 g/mol. The van der Waals surface area contributed by atoms with Gasteiger partial charge in [0.2, 0.25) is 0 Å². The number of hydrogen-bond acceptors (Lipinski definition) is 3. The number of nitro benzene ring substituents is 1. The summed E-state index contributed by atoms with van der Waals surface area (Å²) in [6.07, 6.45) is -5.25. The molecule has 0 aromatic heterocycles. The van der Waals surface area contributed by atoms with Crippen LogP contribution in [0.25, 0.3) is 0 Å². The lowest BCUT2D eigenvalue weighted by Gasteiger charge is -2.18. The molecule has 0 aliphatic heterocycles. The molecule has 4 nitrogen and oxygen atoms in total. The number of hydrogen-bond donors (Lipinski definition) is 1. The first-order valence-corrected chi connectivity index (χ1v) is 5.28. The van der Waals surface area contributed by atoms with Crippen molar-refractivity contribution in [2.24, 2.45) is 0 Å². The Balaban J connectivity index is 2.85. The Morgan fingerprint density at radius 1 is 1.44 bits per heavy atom. The van der Waals surface area contributed by atoms with E-state index in [0.717, 1.165) is 0 Å². The maximum atomic E-state index is 12.2. The van der Waals surface area contributed by atoms with Crippen LogP contribution in [0.5, 0.6) is 0 Å². The fourth-order valence-corrected chi connectivity index (χ4v) is 1.64. The number of halogens is 3. The second-order valence-electron chi connectivity index (χ2n) is 4.07. The Bertz CT molecular complexity index is 446. The molecule has 0 amide bonds. The summed E-state index contributed by atoms with van der Waals surface area (Å²) in [6.45, 7) is 2.88. The number of rotatable bonds is 4. The van der Waals surface area contributed by atoms with Gasteiger partial charge in [-0.25, -0.2) is 0 Å². The average Bonchev–Trinajstić information content (AvgIpc) is 2.17. The topological polar surface area (TPSA) is 55.2 Å². The summed E-state index contributed by atoms with van der Waals surface area (Å²) in [5.41, 5.74) is 0.566. The van der Waals surface area contributed by atoms with E-state index in [1.165, 1.54) is 32.0 Å². The zero-order valence-corrected chi connectivity index (χ0v) is 9.91. The second kappa shape index (κ2) is 5.24. The van der Waals surface area contributed by atoms with Crippen LogP contribution >= 0.6 is 0 Å². The summed E-state index contributed by atoms with van der Waals surface area (Å²) in [5.74, 6) is 0. The molecule has 1 N–H and O–H groups in total. The van der Waals surface area contributed by atoms with Crippen LogP contribution in [0, 0.1) is 17.0 Å². The number of anilines is 1. The van der Waals surface area contributed by atoms with Crippen molar-refractivity contribution >= 4 is 11.4 Å². The molecule has 0 saturated carbocycles. The lowest BCUT2D eigenvalue weighted by atomic mass is 10.1. The molecule has 0 aliphatic carbocycles. The maximum absolute atomic E-state index is 12.2. The van der Waals surface area contributed by atoms with Gasteiger partial charge in [0.05, 0.1) is 11.3 Å². The standard InChI is InChI=1S/C11H13F3N2O2/c1-7(6-11(12,13)14)15-9-4-3-5-10(8(9)2)16(17)18/h3-5,7,15H,6H2,1-2H3. The molecule has 0 aliphatic rings. The first-order chi connectivity index (χ1) is 8.20. The summed E-state index contributed by atoms with van der Waals surface area (Å²) in [7, 11) is 0. The predicted molar refractivity (Wildman–Crippen MR) is 61.6 cm³/mol. The van der Waals surface area contributed by atoms with Gasteiger partial charge in [0.1, 0.15) is 0 Å². The largest absolute Gasteiger partial charge is 0.391 e. The number of nitrogens with zero attached hydrogens (tertiary/aromatic N) is 1. The van der Waals surface area contributed by atoms with E-state index in [9.17, 15) is 23.3 Å². The van der Waals surface area contributed by atoms with Crippen molar-refractivity contribution in [1.82, 2.24) is 0 Å². The lowest BCUT2D eigenvalue weighted by Crippen LogP contribution is -2.24. The van der Waals surface area contributed by atoms with E-state index in [-0.39, 0.29) is 5.69 Å². The van der Waals surface area contributed by atoms with Crippen LogP contribution in [0.1, 0.15) is 18.9 Å². The Hall–Kier alpha value is -1.79. The first-order valence-electron chi connectivity index (χ1n) is 5.28. The third kappa shape index (κ3) is 3.90. The highest BCUT2D eigenvalue weighted by Gasteiger charge is 2.30. The van der Waals surface area contributed by atoms with Gasteiger partial charge >= 0.3 is 6.18 Å². The van der Waals surface area contributed by atoms with Crippen molar-refractivity contribution in [2.45, 2.75) is 32.5 Å². The number of nitro groups is 1. The van der Waals surface area contributed by atoms with E-state index in [2.05, 4.69) is 5.32 Å². The summed E-state index contributed by atoms with van der Waals surface area (Å²) in [6, 6.07) is 3.43. The second-order valence-corrected chi connectivity index (χ2v) is 4.07. The summed E-state index contributed by atoms with van der Waals surface area (Å²) < 4.78 is 36.5. The van der Waals surface area contributed by atoms with E-state index in [1.807, 2.05) is 0 Å². The normalized spacial score (nSPS) is 13.2. The number of benzene rings is 1. The number of nitrogens with one attached hydrogen (secondary N) is 1. The SMILES string of the molecule is Cc1c(NC(C)CC(F)(F)F)cccc1[N+](=O)[O-]. The molecule has 1 aromatic rings. The van der Waals surface area contributed by atoms with Crippen molar-refractivity contribution in [3.63, 3.8) is 0 Å². The highest BCUT2D eigenvalue weighted by atomic mass is 19.4. The summed E-state index contributed by atoms with van der Waals surface area (Å²) >= 11 is 0. The van der Waals surface area contributed by atoms with Crippen LogP contribution in [-0.2, 0) is 0 Å². The third-order valence-electron chi connectivity index (χ3n) is 2.44. The van der Waals surface area contributed by atoms with Gasteiger partial charge < -0.3 is 5.32 Å². The Labute approximate surface area is 102 Å². The molecule has 0 bridgehead atoms. The van der Waals surface area contributed by atoms with Crippen molar-refractivity contribution in [3.05, 3.63) is 33.9 Å². The molecular weight excluding hydrogens is 249 g/mol. The first kappa shape index (κ1) is 14.3. The van der Waals surface area contributed by atoms with E-state index in [1.54, 1.807) is 0 Å². The highest BCUT2D eigenvalue weighted by molar-refractivity contribution is 5.60. The molecule has 7 heteroatoms. The molecule has 1 aromatic carbocycles. The zero-order valence-electron chi connectivity index (χ0n) is 9.91. The van der Waals surface area contributed by atoms with Crippen molar-refractivity contribution in [2.75, 3.05) is 5.32 Å².